The third-order valence-corrected chi connectivity index (χ3v) is 5.83. The highest BCUT2D eigenvalue weighted by atomic mass is 19.4. The van der Waals surface area contributed by atoms with Gasteiger partial charge in [-0.2, -0.15) is 22.0 Å². The van der Waals surface area contributed by atoms with Crippen LogP contribution in [0.2, 0.25) is 0 Å². The molecule has 0 spiro atoms. The van der Waals surface area contributed by atoms with Crippen LogP contribution in [0.4, 0.5) is 33.3 Å². The fourth-order valence-electron chi connectivity index (χ4n) is 3.70. The van der Waals surface area contributed by atoms with Gasteiger partial charge in [0.15, 0.2) is 0 Å². The summed E-state index contributed by atoms with van der Waals surface area (Å²) in [4.78, 5) is 24.0. The van der Waals surface area contributed by atoms with Crippen molar-refractivity contribution >= 4 is 29.4 Å². The first-order valence-corrected chi connectivity index (χ1v) is 13.5. The van der Waals surface area contributed by atoms with E-state index in [0.29, 0.717) is 16.9 Å². The molecular weight excluding hydrogens is 591 g/mol. The van der Waals surface area contributed by atoms with Crippen LogP contribution in [0.1, 0.15) is 47.2 Å². The summed E-state index contributed by atoms with van der Waals surface area (Å²) in [6.07, 6.45) is -5.88. The molecule has 0 aromatic heterocycles. The Morgan fingerprint density at radius 2 is 1.34 bits per heavy atom. The number of anilines is 2. The molecule has 0 saturated carbocycles. The van der Waals surface area contributed by atoms with Gasteiger partial charge in [0.05, 0.1) is 30.9 Å². The zero-order valence-electron chi connectivity index (χ0n) is 23.4. The second-order valence-electron chi connectivity index (χ2n) is 9.51. The van der Waals surface area contributed by atoms with Crippen molar-refractivity contribution in [3.63, 3.8) is 0 Å². The highest BCUT2D eigenvalue weighted by Gasteiger charge is 2.34. The van der Waals surface area contributed by atoms with Gasteiger partial charge in [-0.05, 0) is 79.1 Å². The molecule has 0 aliphatic rings. The lowest BCUT2D eigenvalue weighted by atomic mass is 10.2. The van der Waals surface area contributed by atoms with E-state index < -0.39 is 36.2 Å². The van der Waals surface area contributed by atoms with E-state index >= 15 is 0 Å². The van der Waals surface area contributed by atoms with Gasteiger partial charge in [-0.25, -0.2) is 9.59 Å². The molecule has 0 unspecified atom stereocenters. The number of alkyl halides is 5. The van der Waals surface area contributed by atoms with Crippen molar-refractivity contribution in [2.24, 2.45) is 0 Å². The Kier molecular flexibility index (Phi) is 11.9. The van der Waals surface area contributed by atoms with Crippen LogP contribution >= 0.6 is 0 Å². The largest absolute Gasteiger partial charge is 0.494 e. The van der Waals surface area contributed by atoms with Gasteiger partial charge >= 0.3 is 24.2 Å². The van der Waals surface area contributed by atoms with E-state index in [2.05, 4.69) is 0 Å². The number of esters is 2. The molecule has 0 aliphatic carbocycles. The summed E-state index contributed by atoms with van der Waals surface area (Å²) >= 11 is 0. The minimum absolute atomic E-state index is 0.00288. The fraction of sp³-hybridized carbons (Fsp3) is 0.290. The van der Waals surface area contributed by atoms with E-state index in [4.69, 9.17) is 30.4 Å². The molecule has 0 fully saturated rings. The predicted octanol–water partition coefficient (Wildman–Crippen LogP) is 6.89. The van der Waals surface area contributed by atoms with Gasteiger partial charge in [0.1, 0.15) is 11.5 Å². The Hall–Kier alpha value is -4.81. The van der Waals surface area contributed by atoms with Crippen molar-refractivity contribution in [2.75, 3.05) is 31.3 Å². The van der Waals surface area contributed by atoms with E-state index in [9.17, 15) is 31.5 Å². The molecule has 8 nitrogen and oxygen atoms in total. The van der Waals surface area contributed by atoms with Gasteiger partial charge in [0.2, 0.25) is 0 Å². The maximum atomic E-state index is 14.6. The number of carbonyl (C=O) groups excluding carboxylic acids is 2. The van der Waals surface area contributed by atoms with Crippen LogP contribution in [0.15, 0.2) is 72.8 Å². The summed E-state index contributed by atoms with van der Waals surface area (Å²) in [6, 6.07) is 14.7. The number of nitrogens with two attached hydrogens (primary N) is 2. The monoisotopic (exact) mass is 622 g/mol. The third-order valence-electron chi connectivity index (χ3n) is 5.83. The molecular formula is C31H31F5N2O6. The summed E-state index contributed by atoms with van der Waals surface area (Å²) in [6.45, 7) is 0.0234. The molecule has 3 rings (SSSR count). The molecule has 0 bridgehead atoms. The Morgan fingerprint density at radius 1 is 0.727 bits per heavy atom. The maximum absolute atomic E-state index is 14.6. The van der Waals surface area contributed by atoms with Crippen LogP contribution in [0.3, 0.4) is 0 Å². The highest BCUT2D eigenvalue weighted by Crippen LogP contribution is 2.33. The van der Waals surface area contributed by atoms with Crippen LogP contribution < -0.4 is 20.9 Å². The Labute approximate surface area is 250 Å². The number of rotatable bonds is 15. The minimum atomic E-state index is -4.23. The second-order valence-corrected chi connectivity index (χ2v) is 9.51. The van der Waals surface area contributed by atoms with Crippen LogP contribution in [0.25, 0.3) is 6.08 Å². The molecule has 0 saturated heterocycles. The molecule has 0 atom stereocenters. The average molecular weight is 623 g/mol. The number of hydrogen-bond donors (Lipinski definition) is 2. The van der Waals surface area contributed by atoms with Crippen LogP contribution in [0.5, 0.6) is 11.5 Å². The minimum Gasteiger partial charge on any atom is -0.494 e. The van der Waals surface area contributed by atoms with Crippen molar-refractivity contribution in [3.8, 4) is 11.5 Å². The molecule has 44 heavy (non-hydrogen) atoms. The van der Waals surface area contributed by atoms with E-state index in [0.717, 1.165) is 18.2 Å². The first-order chi connectivity index (χ1) is 20.8. The van der Waals surface area contributed by atoms with Gasteiger partial charge in [0.25, 0.3) is 0 Å². The topological polar surface area (TPSA) is 123 Å². The van der Waals surface area contributed by atoms with Crippen molar-refractivity contribution in [2.45, 2.75) is 38.0 Å². The van der Waals surface area contributed by atoms with Gasteiger partial charge < -0.3 is 30.4 Å². The average Bonchev–Trinajstić information content (AvgIpc) is 2.95. The summed E-state index contributed by atoms with van der Waals surface area (Å²) in [5, 5.41) is 0. The Balaban J connectivity index is 1.38. The number of nitrogen functional groups attached to an aromatic ring is 2. The third kappa shape index (κ3) is 11.8. The second kappa shape index (κ2) is 15.6. The quantitative estimate of drug-likeness (QED) is 0.0618. The molecule has 0 heterocycles. The summed E-state index contributed by atoms with van der Waals surface area (Å²) in [5.74, 6) is -1.15. The lowest BCUT2D eigenvalue weighted by molar-refractivity contribution is -0.185. The van der Waals surface area contributed by atoms with Crippen LogP contribution in [-0.2, 0) is 20.4 Å². The normalized spacial score (nSPS) is 11.8. The van der Waals surface area contributed by atoms with Gasteiger partial charge in [-0.3, -0.25) is 0 Å². The van der Waals surface area contributed by atoms with Crippen LogP contribution in [0, 0.1) is 0 Å². The molecule has 3 aromatic carbocycles. The maximum Gasteiger partial charge on any atom is 0.426 e. The molecule has 0 aliphatic heterocycles. The zero-order chi connectivity index (χ0) is 32.2. The molecule has 13 heteroatoms. The summed E-state index contributed by atoms with van der Waals surface area (Å²) in [7, 11) is 0. The number of benzene rings is 3. The first-order valence-electron chi connectivity index (χ1n) is 13.5. The number of ether oxygens (including phenoxy) is 4. The van der Waals surface area contributed by atoms with E-state index in [1.165, 1.54) is 60.7 Å². The predicted molar refractivity (Wildman–Crippen MR) is 153 cm³/mol. The lowest BCUT2D eigenvalue weighted by Gasteiger charge is -2.18. The van der Waals surface area contributed by atoms with E-state index in [-0.39, 0.29) is 56.1 Å². The summed E-state index contributed by atoms with van der Waals surface area (Å²) in [5.41, 5.74) is 12.2. The van der Waals surface area contributed by atoms with Crippen molar-refractivity contribution in [3.05, 3.63) is 89.5 Å². The van der Waals surface area contributed by atoms with Crippen molar-refractivity contribution in [1.29, 1.82) is 0 Å². The molecule has 0 radical (unpaired) electrons. The molecule has 0 amide bonds. The number of carbonyl (C=O) groups is 2. The lowest BCUT2D eigenvalue weighted by Crippen LogP contribution is -2.21. The van der Waals surface area contributed by atoms with Crippen LogP contribution in [-0.4, -0.2) is 37.9 Å². The Bertz CT molecular complexity index is 1390. The van der Waals surface area contributed by atoms with Crippen molar-refractivity contribution in [1.82, 2.24) is 0 Å². The zero-order valence-corrected chi connectivity index (χ0v) is 23.4. The molecule has 236 valence electrons. The smallest absolute Gasteiger partial charge is 0.426 e. The standard InChI is InChI=1S/C31H31F5N2O6/c32-30(33,34)14-1-2-15-41-26-11-7-23(8-12-26)31(35,36)44-27-9-4-21(5-10-27)6-13-28(39)42-16-3-17-43-29(40)22-18-24(37)20-25(38)19-22/h4-13,18-20H,1-3,14-17,37-38H2/b13-6+. The van der Waals surface area contributed by atoms with E-state index in [1.54, 1.807) is 0 Å². The Morgan fingerprint density at radius 3 is 1.98 bits per heavy atom. The highest BCUT2D eigenvalue weighted by molar-refractivity contribution is 5.91. The fourth-order valence-corrected chi connectivity index (χ4v) is 3.70. The molecule has 4 N–H and O–H groups in total. The van der Waals surface area contributed by atoms with Gasteiger partial charge in [-0.15, -0.1) is 0 Å². The number of hydrogen-bond acceptors (Lipinski definition) is 8. The summed E-state index contributed by atoms with van der Waals surface area (Å²) < 4.78 is 86.1. The number of unbranched alkanes of at least 4 members (excludes halogenated alkanes) is 1. The van der Waals surface area contributed by atoms with Gasteiger partial charge in [-0.1, -0.05) is 12.1 Å². The van der Waals surface area contributed by atoms with Gasteiger partial charge in [0, 0.05) is 30.3 Å². The molecule has 3 aromatic rings. The van der Waals surface area contributed by atoms with Crippen molar-refractivity contribution < 1.29 is 50.5 Å². The van der Waals surface area contributed by atoms with E-state index in [1.807, 2.05) is 0 Å². The SMILES string of the molecule is Nc1cc(N)cc(C(=O)OCCCOC(=O)/C=C/c2ccc(OC(F)(F)c3ccc(OCCCCC(F)(F)F)cc3)cc2)c1. The number of halogens is 5. The first kappa shape index (κ1) is 33.7.